The largest absolute Gasteiger partial charge is 0.363 e. The molecule has 3 rings (SSSR count). The zero-order valence-electron chi connectivity index (χ0n) is 10.7. The van der Waals surface area contributed by atoms with Crippen LogP contribution in [0.2, 0.25) is 0 Å². The lowest BCUT2D eigenvalue weighted by Crippen LogP contribution is -2.39. The maximum Gasteiger partial charge on any atom is 0.286 e. The zero-order valence-corrected chi connectivity index (χ0v) is 10.7. The molecule has 2 heterocycles. The Morgan fingerprint density at radius 1 is 1.10 bits per heavy atom. The maximum atomic E-state index is 12.3. The standard InChI is InChI=1S/C13H13N5O2/c14-11(19)12-16-15-10-8-17(6-7-18(10)12)13(20)9-4-2-1-3-5-9/h1-5H,6-8H2,(H2,14,19). The Bertz CT molecular complexity index is 665. The van der Waals surface area contributed by atoms with Gasteiger partial charge >= 0.3 is 0 Å². The van der Waals surface area contributed by atoms with Crippen molar-refractivity contribution in [2.24, 2.45) is 5.73 Å². The molecule has 0 fully saturated rings. The number of benzene rings is 1. The lowest BCUT2D eigenvalue weighted by molar-refractivity contribution is 0.0706. The van der Waals surface area contributed by atoms with Gasteiger partial charge in [-0.3, -0.25) is 9.59 Å². The number of aromatic nitrogens is 3. The van der Waals surface area contributed by atoms with Gasteiger partial charge in [0.15, 0.2) is 5.82 Å². The van der Waals surface area contributed by atoms with Crippen molar-refractivity contribution in [2.75, 3.05) is 6.54 Å². The summed E-state index contributed by atoms with van der Waals surface area (Å²) in [5.41, 5.74) is 5.86. The highest BCUT2D eigenvalue weighted by molar-refractivity contribution is 5.94. The van der Waals surface area contributed by atoms with E-state index >= 15 is 0 Å². The Hall–Kier alpha value is -2.70. The number of carbonyl (C=O) groups is 2. The molecule has 2 aromatic rings. The highest BCUT2D eigenvalue weighted by atomic mass is 16.2. The van der Waals surface area contributed by atoms with E-state index in [4.69, 9.17) is 5.73 Å². The third kappa shape index (κ3) is 2.03. The van der Waals surface area contributed by atoms with Crippen molar-refractivity contribution in [3.8, 4) is 0 Å². The third-order valence-corrected chi connectivity index (χ3v) is 3.28. The van der Waals surface area contributed by atoms with Crippen molar-refractivity contribution >= 4 is 11.8 Å². The summed E-state index contributed by atoms with van der Waals surface area (Å²) in [4.78, 5) is 25.2. The number of nitrogens with two attached hydrogens (primary N) is 1. The molecule has 0 saturated heterocycles. The second-order valence-corrected chi connectivity index (χ2v) is 4.55. The SMILES string of the molecule is NC(=O)c1nnc2n1CCN(C(=O)c1ccccc1)C2. The minimum atomic E-state index is -0.605. The minimum Gasteiger partial charge on any atom is -0.363 e. The number of amides is 2. The number of nitrogens with zero attached hydrogens (tertiary/aromatic N) is 4. The molecule has 0 radical (unpaired) electrons. The van der Waals surface area contributed by atoms with Gasteiger partial charge in [0.1, 0.15) is 0 Å². The molecule has 1 aromatic carbocycles. The number of carbonyl (C=O) groups excluding carboxylic acids is 2. The molecule has 2 amide bonds. The smallest absolute Gasteiger partial charge is 0.286 e. The number of hydrogen-bond donors (Lipinski definition) is 1. The first-order valence-corrected chi connectivity index (χ1v) is 6.23. The topological polar surface area (TPSA) is 94.1 Å². The first kappa shape index (κ1) is 12.3. The molecule has 0 unspecified atom stereocenters. The van der Waals surface area contributed by atoms with Crippen molar-refractivity contribution < 1.29 is 9.59 Å². The van der Waals surface area contributed by atoms with Crippen LogP contribution in [-0.4, -0.2) is 38.0 Å². The van der Waals surface area contributed by atoms with Gasteiger partial charge in [0, 0.05) is 18.7 Å². The van der Waals surface area contributed by atoms with Crippen LogP contribution in [0.5, 0.6) is 0 Å². The van der Waals surface area contributed by atoms with Crippen molar-refractivity contribution in [2.45, 2.75) is 13.1 Å². The van der Waals surface area contributed by atoms with Crippen LogP contribution in [0.15, 0.2) is 30.3 Å². The molecule has 2 N–H and O–H groups in total. The second kappa shape index (κ2) is 4.76. The number of hydrogen-bond acceptors (Lipinski definition) is 4. The highest BCUT2D eigenvalue weighted by Gasteiger charge is 2.26. The molecular formula is C13H13N5O2. The Balaban J connectivity index is 1.83. The molecule has 0 aliphatic carbocycles. The summed E-state index contributed by atoms with van der Waals surface area (Å²) in [6.07, 6.45) is 0. The van der Waals surface area contributed by atoms with Gasteiger partial charge in [0.05, 0.1) is 6.54 Å². The van der Waals surface area contributed by atoms with Crippen LogP contribution in [0, 0.1) is 0 Å². The van der Waals surface area contributed by atoms with E-state index in [0.717, 1.165) is 0 Å². The van der Waals surface area contributed by atoms with Gasteiger partial charge in [-0.2, -0.15) is 0 Å². The molecule has 1 aliphatic rings. The second-order valence-electron chi connectivity index (χ2n) is 4.55. The van der Waals surface area contributed by atoms with E-state index in [0.29, 0.717) is 31.0 Å². The quantitative estimate of drug-likeness (QED) is 0.834. The van der Waals surface area contributed by atoms with Crippen LogP contribution in [0.1, 0.15) is 26.8 Å². The predicted octanol–water partition coefficient (Wildman–Crippen LogP) is 0.0330. The molecule has 0 spiro atoms. The van der Waals surface area contributed by atoms with Crippen LogP contribution in [0.25, 0.3) is 0 Å². The zero-order chi connectivity index (χ0) is 14.1. The fourth-order valence-corrected chi connectivity index (χ4v) is 2.28. The third-order valence-electron chi connectivity index (χ3n) is 3.28. The van der Waals surface area contributed by atoms with Gasteiger partial charge in [-0.05, 0) is 12.1 Å². The number of primary amides is 1. The lowest BCUT2D eigenvalue weighted by atomic mass is 10.2. The van der Waals surface area contributed by atoms with E-state index < -0.39 is 5.91 Å². The van der Waals surface area contributed by atoms with Gasteiger partial charge in [0.2, 0.25) is 5.82 Å². The van der Waals surface area contributed by atoms with Crippen molar-refractivity contribution in [1.29, 1.82) is 0 Å². The van der Waals surface area contributed by atoms with Crippen LogP contribution in [0.4, 0.5) is 0 Å². The molecule has 7 nitrogen and oxygen atoms in total. The van der Waals surface area contributed by atoms with E-state index in [1.54, 1.807) is 21.6 Å². The molecule has 102 valence electrons. The predicted molar refractivity (Wildman–Crippen MR) is 69.7 cm³/mol. The summed E-state index contributed by atoms with van der Waals surface area (Å²) in [6.45, 7) is 1.30. The molecule has 0 saturated carbocycles. The van der Waals surface area contributed by atoms with Gasteiger partial charge in [-0.25, -0.2) is 0 Å². The molecule has 1 aromatic heterocycles. The molecule has 1 aliphatic heterocycles. The first-order chi connectivity index (χ1) is 9.66. The van der Waals surface area contributed by atoms with Crippen molar-refractivity contribution in [1.82, 2.24) is 19.7 Å². The molecule has 0 bridgehead atoms. The van der Waals surface area contributed by atoms with E-state index in [-0.39, 0.29) is 11.7 Å². The first-order valence-electron chi connectivity index (χ1n) is 6.23. The van der Waals surface area contributed by atoms with Gasteiger partial charge < -0.3 is 15.2 Å². The fraction of sp³-hybridized carbons (Fsp3) is 0.231. The Morgan fingerprint density at radius 2 is 1.85 bits per heavy atom. The fourth-order valence-electron chi connectivity index (χ4n) is 2.28. The van der Waals surface area contributed by atoms with Crippen LogP contribution in [0.3, 0.4) is 0 Å². The van der Waals surface area contributed by atoms with Gasteiger partial charge in [-0.1, -0.05) is 18.2 Å². The Morgan fingerprint density at radius 3 is 2.55 bits per heavy atom. The summed E-state index contributed by atoms with van der Waals surface area (Å²) in [6, 6.07) is 9.06. The van der Waals surface area contributed by atoms with E-state index in [1.807, 2.05) is 18.2 Å². The van der Waals surface area contributed by atoms with Crippen LogP contribution in [-0.2, 0) is 13.1 Å². The summed E-state index contributed by atoms with van der Waals surface area (Å²) >= 11 is 0. The molecule has 20 heavy (non-hydrogen) atoms. The Labute approximate surface area is 115 Å². The van der Waals surface area contributed by atoms with E-state index in [2.05, 4.69) is 10.2 Å². The minimum absolute atomic E-state index is 0.0551. The average molecular weight is 271 g/mol. The van der Waals surface area contributed by atoms with Crippen LogP contribution >= 0.6 is 0 Å². The van der Waals surface area contributed by atoms with E-state index in [9.17, 15) is 9.59 Å². The number of fused-ring (bicyclic) bond motifs is 1. The summed E-state index contributed by atoms with van der Waals surface area (Å²) in [5.74, 6) is 0.0632. The summed E-state index contributed by atoms with van der Waals surface area (Å²) in [5, 5.41) is 7.69. The van der Waals surface area contributed by atoms with E-state index in [1.165, 1.54) is 0 Å². The molecular weight excluding hydrogens is 258 g/mol. The molecule has 0 atom stereocenters. The summed E-state index contributed by atoms with van der Waals surface area (Å²) in [7, 11) is 0. The van der Waals surface area contributed by atoms with Crippen molar-refractivity contribution in [3.63, 3.8) is 0 Å². The van der Waals surface area contributed by atoms with Gasteiger partial charge in [0.25, 0.3) is 11.8 Å². The summed E-state index contributed by atoms with van der Waals surface area (Å²) < 4.78 is 1.66. The molecule has 7 heteroatoms. The average Bonchev–Trinajstić information content (AvgIpc) is 2.90. The maximum absolute atomic E-state index is 12.3. The van der Waals surface area contributed by atoms with Crippen molar-refractivity contribution in [3.05, 3.63) is 47.5 Å². The van der Waals surface area contributed by atoms with Gasteiger partial charge in [-0.15, -0.1) is 10.2 Å². The van der Waals surface area contributed by atoms with Crippen LogP contribution < -0.4 is 5.73 Å². The highest BCUT2D eigenvalue weighted by Crippen LogP contribution is 2.15. The monoisotopic (exact) mass is 271 g/mol. The lowest BCUT2D eigenvalue weighted by Gasteiger charge is -2.27. The Kier molecular flexibility index (Phi) is 2.94. The normalized spacial score (nSPS) is 13.9. The number of rotatable bonds is 2.